The maximum absolute atomic E-state index is 4.80. The summed E-state index contributed by atoms with van der Waals surface area (Å²) >= 11 is 0. The van der Waals surface area contributed by atoms with Gasteiger partial charge in [-0.1, -0.05) is 13.0 Å². The highest BCUT2D eigenvalue weighted by atomic mass is 15.2. The average molecular weight is 337 g/mol. The summed E-state index contributed by atoms with van der Waals surface area (Å²) < 4.78 is 0. The number of aryl methyl sites for hydroxylation is 2. The molecule has 2 aliphatic rings. The minimum Gasteiger partial charge on any atom is -0.324 e. The number of hydrogen-bond donors (Lipinski definition) is 2. The summed E-state index contributed by atoms with van der Waals surface area (Å²) in [6.07, 6.45) is 3.22. The summed E-state index contributed by atoms with van der Waals surface area (Å²) in [6.45, 7) is 10.7. The molecular weight excluding hydrogens is 310 g/mol. The average Bonchev–Trinajstić information content (AvgIpc) is 2.97. The lowest BCUT2D eigenvalue weighted by molar-refractivity contribution is 0.118. The van der Waals surface area contributed by atoms with E-state index in [-0.39, 0.29) is 0 Å². The first-order chi connectivity index (χ1) is 12.1. The van der Waals surface area contributed by atoms with Crippen molar-refractivity contribution < 1.29 is 0 Å². The lowest BCUT2D eigenvalue weighted by Crippen LogP contribution is -2.46. The number of aromatic nitrogens is 2. The largest absolute Gasteiger partial charge is 0.324 e. The van der Waals surface area contributed by atoms with Gasteiger partial charge in [0.2, 0.25) is 5.95 Å². The molecule has 25 heavy (non-hydrogen) atoms. The number of nitrogens with one attached hydrogen (secondary N) is 2. The van der Waals surface area contributed by atoms with E-state index in [9.17, 15) is 0 Å². The Bertz CT molecular complexity index is 752. The second kappa shape index (κ2) is 6.73. The normalized spacial score (nSPS) is 23.5. The van der Waals surface area contributed by atoms with Crippen molar-refractivity contribution in [2.75, 3.05) is 18.4 Å². The molecule has 1 fully saturated rings. The van der Waals surface area contributed by atoms with Gasteiger partial charge < -0.3 is 10.6 Å². The second-order valence-electron chi connectivity index (χ2n) is 7.61. The van der Waals surface area contributed by atoms with Gasteiger partial charge in [0.1, 0.15) is 0 Å². The Kier molecular flexibility index (Phi) is 4.44. The summed E-state index contributed by atoms with van der Waals surface area (Å²) in [7, 11) is 0. The van der Waals surface area contributed by atoms with E-state index in [1.807, 2.05) is 6.20 Å². The quantitative estimate of drug-likeness (QED) is 0.901. The number of nitrogens with zero attached hydrogens (tertiary/aromatic N) is 3. The Morgan fingerprint density at radius 1 is 1.16 bits per heavy atom. The fourth-order valence-corrected chi connectivity index (χ4v) is 4.19. The Hall–Kier alpha value is -1.98. The number of anilines is 2. The third kappa shape index (κ3) is 3.53. The molecule has 1 aromatic heterocycles. The van der Waals surface area contributed by atoms with Gasteiger partial charge in [0.15, 0.2) is 0 Å². The SMILES string of the molecule is Cc1cc(C)cc(Nc2ncc3c(n2)CN([C@H]2CCNC[C@H]2C)C3)c1. The zero-order chi connectivity index (χ0) is 17.4. The van der Waals surface area contributed by atoms with Gasteiger partial charge in [-0.05, 0) is 62.5 Å². The summed E-state index contributed by atoms with van der Waals surface area (Å²) in [5, 5.41) is 6.86. The highest BCUT2D eigenvalue weighted by Crippen LogP contribution is 2.29. The van der Waals surface area contributed by atoms with E-state index in [0.717, 1.165) is 31.9 Å². The first-order valence-corrected chi connectivity index (χ1v) is 9.23. The molecule has 0 aliphatic carbocycles. The van der Waals surface area contributed by atoms with Crippen LogP contribution in [0.25, 0.3) is 0 Å². The standard InChI is InChI=1S/C20H27N5/c1-13-6-14(2)8-17(7-13)23-20-22-10-16-11-25(12-18(16)24-20)19-4-5-21-9-15(19)3/h6-8,10,15,19,21H,4-5,9,11-12H2,1-3H3,(H,22,23,24)/t15-,19+/m1/s1. The van der Waals surface area contributed by atoms with Crippen LogP contribution >= 0.6 is 0 Å². The van der Waals surface area contributed by atoms with Crippen LogP contribution in [0, 0.1) is 19.8 Å². The number of fused-ring (bicyclic) bond motifs is 1. The predicted molar refractivity (Wildman–Crippen MR) is 101 cm³/mol. The summed E-state index contributed by atoms with van der Waals surface area (Å²) in [4.78, 5) is 11.9. The van der Waals surface area contributed by atoms with Gasteiger partial charge in [0.25, 0.3) is 0 Å². The van der Waals surface area contributed by atoms with Gasteiger partial charge in [0.05, 0.1) is 5.69 Å². The smallest absolute Gasteiger partial charge is 0.227 e. The van der Waals surface area contributed by atoms with Gasteiger partial charge in [-0.15, -0.1) is 0 Å². The van der Waals surface area contributed by atoms with E-state index in [1.54, 1.807) is 0 Å². The molecule has 1 aromatic carbocycles. The summed E-state index contributed by atoms with van der Waals surface area (Å²) in [6, 6.07) is 7.08. The van der Waals surface area contributed by atoms with Crippen LogP contribution in [0.3, 0.4) is 0 Å². The van der Waals surface area contributed by atoms with Crippen LogP contribution in [0.4, 0.5) is 11.6 Å². The third-order valence-corrected chi connectivity index (χ3v) is 5.37. The molecular formula is C20H27N5. The van der Waals surface area contributed by atoms with Gasteiger partial charge in [0, 0.05) is 36.6 Å². The predicted octanol–water partition coefficient (Wildman–Crippen LogP) is 3.15. The fourth-order valence-electron chi connectivity index (χ4n) is 4.19. The van der Waals surface area contributed by atoms with Crippen LogP contribution in [0.1, 0.15) is 35.7 Å². The molecule has 0 saturated carbocycles. The maximum Gasteiger partial charge on any atom is 0.227 e. The summed E-state index contributed by atoms with van der Waals surface area (Å²) in [5.41, 5.74) is 5.99. The van der Waals surface area contributed by atoms with Crippen LogP contribution in [0.5, 0.6) is 0 Å². The minimum atomic E-state index is 0.645. The van der Waals surface area contributed by atoms with Gasteiger partial charge in [-0.2, -0.15) is 0 Å². The van der Waals surface area contributed by atoms with Crippen LogP contribution in [0.2, 0.25) is 0 Å². The first-order valence-electron chi connectivity index (χ1n) is 9.23. The Labute approximate surface area is 149 Å². The van der Waals surface area contributed by atoms with E-state index in [4.69, 9.17) is 4.98 Å². The maximum atomic E-state index is 4.80. The molecule has 5 heteroatoms. The van der Waals surface area contributed by atoms with Crippen molar-refractivity contribution in [3.63, 3.8) is 0 Å². The molecule has 2 aliphatic heterocycles. The van der Waals surface area contributed by atoms with E-state index < -0.39 is 0 Å². The van der Waals surface area contributed by atoms with Gasteiger partial charge >= 0.3 is 0 Å². The Morgan fingerprint density at radius 3 is 2.72 bits per heavy atom. The molecule has 4 rings (SSSR count). The molecule has 0 unspecified atom stereocenters. The second-order valence-corrected chi connectivity index (χ2v) is 7.61. The fraction of sp³-hybridized carbons (Fsp3) is 0.500. The van der Waals surface area contributed by atoms with Gasteiger partial charge in [-0.3, -0.25) is 4.90 Å². The zero-order valence-corrected chi connectivity index (χ0v) is 15.3. The highest BCUT2D eigenvalue weighted by molar-refractivity contribution is 5.56. The molecule has 2 atom stereocenters. The topological polar surface area (TPSA) is 53.1 Å². The minimum absolute atomic E-state index is 0.645. The van der Waals surface area contributed by atoms with Crippen molar-refractivity contribution in [3.8, 4) is 0 Å². The molecule has 2 N–H and O–H groups in total. The van der Waals surface area contributed by atoms with E-state index in [2.05, 4.69) is 59.5 Å². The van der Waals surface area contributed by atoms with Crippen LogP contribution in [-0.4, -0.2) is 34.0 Å². The van der Waals surface area contributed by atoms with Gasteiger partial charge in [-0.25, -0.2) is 9.97 Å². The van der Waals surface area contributed by atoms with E-state index in [1.165, 1.54) is 28.8 Å². The summed E-state index contributed by atoms with van der Waals surface area (Å²) in [5.74, 6) is 1.38. The number of piperidine rings is 1. The lowest BCUT2D eigenvalue weighted by Gasteiger charge is -2.36. The Morgan fingerprint density at radius 2 is 1.96 bits per heavy atom. The number of hydrogen-bond acceptors (Lipinski definition) is 5. The molecule has 0 bridgehead atoms. The lowest BCUT2D eigenvalue weighted by atomic mass is 9.94. The first kappa shape index (κ1) is 16.5. The molecule has 5 nitrogen and oxygen atoms in total. The number of rotatable bonds is 3. The van der Waals surface area contributed by atoms with Crippen molar-refractivity contribution >= 4 is 11.6 Å². The van der Waals surface area contributed by atoms with Crippen LogP contribution in [0.15, 0.2) is 24.4 Å². The van der Waals surface area contributed by atoms with Crippen LogP contribution in [-0.2, 0) is 13.1 Å². The van der Waals surface area contributed by atoms with Crippen molar-refractivity contribution in [1.82, 2.24) is 20.2 Å². The van der Waals surface area contributed by atoms with Crippen molar-refractivity contribution in [2.45, 2.75) is 46.3 Å². The third-order valence-electron chi connectivity index (χ3n) is 5.37. The molecule has 0 radical (unpaired) electrons. The monoisotopic (exact) mass is 337 g/mol. The van der Waals surface area contributed by atoms with Crippen LogP contribution < -0.4 is 10.6 Å². The van der Waals surface area contributed by atoms with E-state index in [0.29, 0.717) is 17.9 Å². The zero-order valence-electron chi connectivity index (χ0n) is 15.3. The molecule has 0 spiro atoms. The number of benzene rings is 1. The van der Waals surface area contributed by atoms with Crippen molar-refractivity contribution in [3.05, 3.63) is 46.8 Å². The molecule has 3 heterocycles. The van der Waals surface area contributed by atoms with Crippen molar-refractivity contribution in [1.29, 1.82) is 0 Å². The molecule has 1 saturated heterocycles. The van der Waals surface area contributed by atoms with E-state index >= 15 is 0 Å². The highest BCUT2D eigenvalue weighted by Gasteiger charge is 2.32. The molecule has 132 valence electrons. The molecule has 2 aromatic rings. The Balaban J connectivity index is 1.50. The van der Waals surface area contributed by atoms with Crippen molar-refractivity contribution in [2.24, 2.45) is 5.92 Å². The molecule has 0 amide bonds.